The molecule has 2 aromatic carbocycles. The third-order valence-corrected chi connectivity index (χ3v) is 6.22. The van der Waals surface area contributed by atoms with E-state index in [2.05, 4.69) is 25.6 Å². The van der Waals surface area contributed by atoms with E-state index in [-0.39, 0.29) is 9.92 Å². The van der Waals surface area contributed by atoms with Gasteiger partial charge in [-0.25, -0.2) is 13.4 Å². The predicted octanol–water partition coefficient (Wildman–Crippen LogP) is 4.82. The third kappa shape index (κ3) is 3.12. The van der Waals surface area contributed by atoms with Gasteiger partial charge in [-0.3, -0.25) is 4.72 Å². The van der Waals surface area contributed by atoms with Gasteiger partial charge in [-0.05, 0) is 43.3 Å². The fraction of sp³-hybridized carbons (Fsp3) is 0.0714. The molecule has 3 rings (SSSR count). The number of aromatic nitrogens is 1. The van der Waals surface area contributed by atoms with Crippen molar-refractivity contribution in [1.29, 1.82) is 0 Å². The average Bonchev–Trinajstić information content (AvgIpc) is 2.77. The topological polar surface area (TPSA) is 59.1 Å². The van der Waals surface area contributed by atoms with E-state index in [0.29, 0.717) is 5.69 Å². The molecule has 1 N–H and O–H groups in total. The van der Waals surface area contributed by atoms with E-state index in [0.717, 1.165) is 19.7 Å². The Morgan fingerprint density at radius 2 is 2.00 bits per heavy atom. The van der Waals surface area contributed by atoms with Gasteiger partial charge in [-0.15, -0.1) is 11.3 Å². The molecule has 0 saturated carbocycles. The maximum Gasteiger partial charge on any atom is 0.263 e. The number of thiazole rings is 1. The SMILES string of the molecule is Cc1nc2ccc(NS(=O)(=O)c3ccc(Br)cc3Cl)cc2s1. The first-order chi connectivity index (χ1) is 10.3. The summed E-state index contributed by atoms with van der Waals surface area (Å²) in [6.45, 7) is 1.91. The summed E-state index contributed by atoms with van der Waals surface area (Å²) in [4.78, 5) is 4.39. The summed E-state index contributed by atoms with van der Waals surface area (Å²) in [6, 6.07) is 9.89. The number of anilines is 1. The van der Waals surface area contributed by atoms with Crippen molar-refractivity contribution in [3.63, 3.8) is 0 Å². The number of fused-ring (bicyclic) bond motifs is 1. The molecule has 1 aromatic heterocycles. The minimum absolute atomic E-state index is 0.0398. The number of sulfonamides is 1. The van der Waals surface area contributed by atoms with Crippen LogP contribution in [0, 0.1) is 6.92 Å². The minimum Gasteiger partial charge on any atom is -0.280 e. The van der Waals surface area contributed by atoms with Crippen molar-refractivity contribution in [2.24, 2.45) is 0 Å². The fourth-order valence-electron chi connectivity index (χ4n) is 2.01. The second-order valence-corrected chi connectivity index (χ2v) is 8.80. The molecule has 0 fully saturated rings. The van der Waals surface area contributed by atoms with Crippen molar-refractivity contribution in [2.75, 3.05) is 4.72 Å². The number of hydrogen-bond donors (Lipinski definition) is 1. The maximum absolute atomic E-state index is 12.5. The lowest BCUT2D eigenvalue weighted by molar-refractivity contribution is 0.601. The minimum atomic E-state index is -3.74. The highest BCUT2D eigenvalue weighted by Gasteiger charge is 2.18. The number of benzene rings is 2. The smallest absolute Gasteiger partial charge is 0.263 e. The van der Waals surface area contributed by atoms with Gasteiger partial charge >= 0.3 is 0 Å². The summed E-state index contributed by atoms with van der Waals surface area (Å²) in [6.07, 6.45) is 0. The van der Waals surface area contributed by atoms with Crippen molar-refractivity contribution >= 4 is 64.8 Å². The number of hydrogen-bond acceptors (Lipinski definition) is 4. The first-order valence-electron chi connectivity index (χ1n) is 6.20. The molecule has 3 aromatic rings. The summed E-state index contributed by atoms with van der Waals surface area (Å²) < 4.78 is 29.1. The molecule has 0 bridgehead atoms. The van der Waals surface area contributed by atoms with Crippen LogP contribution >= 0.6 is 38.9 Å². The zero-order valence-electron chi connectivity index (χ0n) is 11.3. The molecule has 0 aliphatic rings. The van der Waals surface area contributed by atoms with Crippen molar-refractivity contribution in [1.82, 2.24) is 4.98 Å². The van der Waals surface area contributed by atoms with Crippen LogP contribution in [0.2, 0.25) is 5.02 Å². The molecule has 8 heteroatoms. The molecule has 0 amide bonds. The van der Waals surface area contributed by atoms with Gasteiger partial charge in [-0.1, -0.05) is 27.5 Å². The Morgan fingerprint density at radius 1 is 1.23 bits per heavy atom. The molecule has 22 heavy (non-hydrogen) atoms. The molecule has 0 spiro atoms. The molecule has 114 valence electrons. The first-order valence-corrected chi connectivity index (χ1v) is 9.67. The highest BCUT2D eigenvalue weighted by Crippen LogP contribution is 2.29. The first kappa shape index (κ1) is 15.7. The lowest BCUT2D eigenvalue weighted by Crippen LogP contribution is -2.13. The Morgan fingerprint density at radius 3 is 2.73 bits per heavy atom. The highest BCUT2D eigenvalue weighted by atomic mass is 79.9. The zero-order valence-corrected chi connectivity index (χ0v) is 15.3. The standard InChI is InChI=1S/C14H10BrClN2O2S2/c1-8-17-12-4-3-10(7-13(12)21-8)18-22(19,20)14-5-2-9(15)6-11(14)16/h2-7,18H,1H3. The number of rotatable bonds is 3. The van der Waals surface area contributed by atoms with Crippen LogP contribution in [0.4, 0.5) is 5.69 Å². The van der Waals surface area contributed by atoms with Crippen LogP contribution in [0.1, 0.15) is 5.01 Å². The monoisotopic (exact) mass is 416 g/mol. The molecule has 1 heterocycles. The second kappa shape index (κ2) is 5.81. The number of halogens is 2. The summed E-state index contributed by atoms with van der Waals surface area (Å²) in [5.41, 5.74) is 1.34. The van der Waals surface area contributed by atoms with Gasteiger partial charge in [0.1, 0.15) is 4.90 Å². The van der Waals surface area contributed by atoms with E-state index in [1.54, 1.807) is 30.3 Å². The number of nitrogens with zero attached hydrogens (tertiary/aromatic N) is 1. The van der Waals surface area contributed by atoms with Gasteiger partial charge in [0.25, 0.3) is 10.0 Å². The summed E-state index contributed by atoms with van der Waals surface area (Å²) in [7, 11) is -3.74. The van der Waals surface area contributed by atoms with Gasteiger partial charge in [0.2, 0.25) is 0 Å². The van der Waals surface area contributed by atoms with Crippen LogP contribution in [0.5, 0.6) is 0 Å². The Balaban J connectivity index is 1.98. The van der Waals surface area contributed by atoms with Crippen LogP contribution < -0.4 is 4.72 Å². The van der Waals surface area contributed by atoms with Crippen LogP contribution in [-0.4, -0.2) is 13.4 Å². The van der Waals surface area contributed by atoms with E-state index in [1.807, 2.05) is 6.92 Å². The molecule has 0 aliphatic carbocycles. The molecule has 0 atom stereocenters. The van der Waals surface area contributed by atoms with Crippen molar-refractivity contribution in [3.05, 3.63) is 50.9 Å². The normalized spacial score (nSPS) is 11.8. The lowest BCUT2D eigenvalue weighted by Gasteiger charge is -2.09. The largest absolute Gasteiger partial charge is 0.280 e. The van der Waals surface area contributed by atoms with Crippen LogP contribution in [-0.2, 0) is 10.0 Å². The molecule has 4 nitrogen and oxygen atoms in total. The van der Waals surface area contributed by atoms with Gasteiger partial charge in [0.15, 0.2) is 0 Å². The van der Waals surface area contributed by atoms with E-state index >= 15 is 0 Å². The Hall–Kier alpha value is -1.15. The number of aryl methyl sites for hydroxylation is 1. The number of nitrogens with one attached hydrogen (secondary N) is 1. The van der Waals surface area contributed by atoms with E-state index < -0.39 is 10.0 Å². The highest BCUT2D eigenvalue weighted by molar-refractivity contribution is 9.10. The maximum atomic E-state index is 12.5. The lowest BCUT2D eigenvalue weighted by atomic mass is 10.3. The van der Waals surface area contributed by atoms with Gasteiger partial charge < -0.3 is 0 Å². The van der Waals surface area contributed by atoms with Crippen molar-refractivity contribution in [3.8, 4) is 0 Å². The zero-order chi connectivity index (χ0) is 15.9. The average molecular weight is 418 g/mol. The Bertz CT molecular complexity index is 970. The Kier molecular flexibility index (Phi) is 4.15. The van der Waals surface area contributed by atoms with E-state index in [4.69, 9.17) is 11.6 Å². The molecular weight excluding hydrogens is 408 g/mol. The summed E-state index contributed by atoms with van der Waals surface area (Å²) in [5, 5.41) is 1.10. The predicted molar refractivity (Wildman–Crippen MR) is 94.3 cm³/mol. The van der Waals surface area contributed by atoms with Crippen molar-refractivity contribution in [2.45, 2.75) is 11.8 Å². The summed E-state index contributed by atoms with van der Waals surface area (Å²) >= 11 is 10.8. The molecule has 0 unspecified atom stereocenters. The van der Waals surface area contributed by atoms with Gasteiger partial charge in [0.05, 0.1) is 25.9 Å². The van der Waals surface area contributed by atoms with Crippen LogP contribution in [0.15, 0.2) is 45.8 Å². The molecule has 0 radical (unpaired) electrons. The van der Waals surface area contributed by atoms with E-state index in [1.165, 1.54) is 17.4 Å². The van der Waals surface area contributed by atoms with Gasteiger partial charge in [0, 0.05) is 4.47 Å². The van der Waals surface area contributed by atoms with Gasteiger partial charge in [-0.2, -0.15) is 0 Å². The summed E-state index contributed by atoms with van der Waals surface area (Å²) in [5.74, 6) is 0. The van der Waals surface area contributed by atoms with E-state index in [9.17, 15) is 8.42 Å². The third-order valence-electron chi connectivity index (χ3n) is 2.93. The molecule has 0 aliphatic heterocycles. The quantitative estimate of drug-likeness (QED) is 0.664. The molecule has 0 saturated heterocycles. The van der Waals surface area contributed by atoms with Crippen molar-refractivity contribution < 1.29 is 8.42 Å². The van der Waals surface area contributed by atoms with Crippen LogP contribution in [0.25, 0.3) is 10.2 Å². The Labute approximate surface area is 145 Å². The van der Waals surface area contributed by atoms with Crippen LogP contribution in [0.3, 0.4) is 0 Å². The second-order valence-electron chi connectivity index (χ2n) is 4.60. The fourth-order valence-corrected chi connectivity index (χ4v) is 4.96. The molecular formula is C14H10BrClN2O2S2.